The van der Waals surface area contributed by atoms with Crippen LogP contribution in [0, 0.1) is 13.8 Å². The molecule has 0 saturated carbocycles. The van der Waals surface area contributed by atoms with Crippen LogP contribution in [0.4, 0.5) is 0 Å². The van der Waals surface area contributed by atoms with Crippen molar-refractivity contribution in [3.63, 3.8) is 0 Å². The quantitative estimate of drug-likeness (QED) is 0.682. The first-order valence-electron chi connectivity index (χ1n) is 4.74. The van der Waals surface area contributed by atoms with Gasteiger partial charge < -0.3 is 15.9 Å². The summed E-state index contributed by atoms with van der Waals surface area (Å²) in [6.07, 6.45) is -0.199. The molecule has 3 heteroatoms. The zero-order chi connectivity index (χ0) is 10.7. The summed E-state index contributed by atoms with van der Waals surface area (Å²) >= 11 is 0. The van der Waals surface area contributed by atoms with Crippen LogP contribution in [-0.4, -0.2) is 16.8 Å². The van der Waals surface area contributed by atoms with Gasteiger partial charge in [-0.3, -0.25) is 0 Å². The first-order chi connectivity index (χ1) is 6.56. The highest BCUT2D eigenvalue weighted by Gasteiger charge is 2.12. The van der Waals surface area contributed by atoms with Crippen LogP contribution in [0.25, 0.3) is 0 Å². The molecule has 0 aliphatic rings. The SMILES string of the molecule is Cc1cc(O)c([C@H](O)CCN)cc1C. The minimum absolute atomic E-state index is 0.147. The normalized spacial score (nSPS) is 12.9. The molecular formula is C11H17NO2. The standard InChI is InChI=1S/C11H17NO2/c1-7-5-9(10(13)3-4-12)11(14)6-8(7)2/h5-6,10,13-14H,3-4,12H2,1-2H3/t10-/m1/s1. The van der Waals surface area contributed by atoms with E-state index in [0.29, 0.717) is 18.5 Å². The maximum atomic E-state index is 9.68. The summed E-state index contributed by atoms with van der Waals surface area (Å²) in [5.74, 6) is 0.147. The number of hydrogen-bond acceptors (Lipinski definition) is 3. The third kappa shape index (κ3) is 2.25. The Bertz CT molecular complexity index is 323. The Morgan fingerprint density at radius 1 is 1.29 bits per heavy atom. The van der Waals surface area contributed by atoms with Gasteiger partial charge in [0.15, 0.2) is 0 Å². The Morgan fingerprint density at radius 2 is 1.86 bits per heavy atom. The van der Waals surface area contributed by atoms with Crippen LogP contribution in [0.1, 0.15) is 29.2 Å². The molecule has 0 amide bonds. The van der Waals surface area contributed by atoms with Crippen LogP contribution in [-0.2, 0) is 0 Å². The molecule has 1 aromatic rings. The second-order valence-corrected chi connectivity index (χ2v) is 3.59. The van der Waals surface area contributed by atoms with E-state index in [1.54, 1.807) is 6.07 Å². The third-order valence-corrected chi connectivity index (χ3v) is 2.44. The number of aliphatic hydroxyl groups excluding tert-OH is 1. The van der Waals surface area contributed by atoms with Crippen molar-refractivity contribution in [3.05, 3.63) is 28.8 Å². The van der Waals surface area contributed by atoms with Gasteiger partial charge in [-0.25, -0.2) is 0 Å². The Morgan fingerprint density at radius 3 is 2.43 bits per heavy atom. The van der Waals surface area contributed by atoms with Gasteiger partial charge >= 0.3 is 0 Å². The highest BCUT2D eigenvalue weighted by molar-refractivity contribution is 5.41. The van der Waals surface area contributed by atoms with E-state index in [2.05, 4.69) is 0 Å². The molecule has 78 valence electrons. The molecule has 0 unspecified atom stereocenters. The van der Waals surface area contributed by atoms with Crippen LogP contribution >= 0.6 is 0 Å². The minimum atomic E-state index is -0.667. The van der Waals surface area contributed by atoms with Crippen molar-refractivity contribution in [3.8, 4) is 5.75 Å². The number of phenolic OH excluding ortho intramolecular Hbond substituents is 1. The van der Waals surface area contributed by atoms with Gasteiger partial charge in [-0.15, -0.1) is 0 Å². The van der Waals surface area contributed by atoms with Gasteiger partial charge in [0, 0.05) is 5.56 Å². The van der Waals surface area contributed by atoms with E-state index in [1.807, 2.05) is 19.9 Å². The number of phenols is 1. The molecule has 14 heavy (non-hydrogen) atoms. The Balaban J connectivity index is 3.02. The molecule has 1 aromatic carbocycles. The van der Waals surface area contributed by atoms with E-state index >= 15 is 0 Å². The van der Waals surface area contributed by atoms with Gasteiger partial charge in [0.1, 0.15) is 5.75 Å². The molecule has 4 N–H and O–H groups in total. The maximum Gasteiger partial charge on any atom is 0.121 e. The largest absolute Gasteiger partial charge is 0.508 e. The molecule has 0 spiro atoms. The first-order valence-corrected chi connectivity index (χ1v) is 4.74. The second kappa shape index (κ2) is 4.44. The lowest BCUT2D eigenvalue weighted by Gasteiger charge is -2.13. The topological polar surface area (TPSA) is 66.5 Å². The van der Waals surface area contributed by atoms with Crippen molar-refractivity contribution in [1.29, 1.82) is 0 Å². The van der Waals surface area contributed by atoms with Crippen molar-refractivity contribution in [2.24, 2.45) is 5.73 Å². The zero-order valence-corrected chi connectivity index (χ0v) is 8.62. The Kier molecular flexibility index (Phi) is 3.49. The number of rotatable bonds is 3. The van der Waals surface area contributed by atoms with Crippen LogP contribution in [0.15, 0.2) is 12.1 Å². The summed E-state index contributed by atoms with van der Waals surface area (Å²) in [6.45, 7) is 4.29. The van der Waals surface area contributed by atoms with Gasteiger partial charge in [-0.1, -0.05) is 0 Å². The van der Waals surface area contributed by atoms with Crippen LogP contribution < -0.4 is 5.73 Å². The lowest BCUT2D eigenvalue weighted by Crippen LogP contribution is -2.07. The molecular weight excluding hydrogens is 178 g/mol. The second-order valence-electron chi connectivity index (χ2n) is 3.59. The van der Waals surface area contributed by atoms with Gasteiger partial charge in [0.2, 0.25) is 0 Å². The molecule has 0 aliphatic carbocycles. The van der Waals surface area contributed by atoms with Crippen molar-refractivity contribution in [1.82, 2.24) is 0 Å². The fourth-order valence-corrected chi connectivity index (χ4v) is 1.40. The van der Waals surface area contributed by atoms with E-state index in [4.69, 9.17) is 5.73 Å². The predicted molar refractivity (Wildman–Crippen MR) is 56.2 cm³/mol. The monoisotopic (exact) mass is 195 g/mol. The van der Waals surface area contributed by atoms with Gasteiger partial charge in [0.05, 0.1) is 6.10 Å². The highest BCUT2D eigenvalue weighted by Crippen LogP contribution is 2.28. The van der Waals surface area contributed by atoms with E-state index in [0.717, 1.165) is 11.1 Å². The smallest absolute Gasteiger partial charge is 0.121 e. The van der Waals surface area contributed by atoms with E-state index in [-0.39, 0.29) is 5.75 Å². The van der Waals surface area contributed by atoms with E-state index < -0.39 is 6.10 Å². The summed E-state index contributed by atoms with van der Waals surface area (Å²) in [7, 11) is 0. The summed E-state index contributed by atoms with van der Waals surface area (Å²) in [5.41, 5.74) is 7.99. The number of nitrogens with two attached hydrogens (primary N) is 1. The first kappa shape index (κ1) is 11.0. The lowest BCUT2D eigenvalue weighted by molar-refractivity contribution is 0.166. The van der Waals surface area contributed by atoms with Gasteiger partial charge in [0.25, 0.3) is 0 Å². The van der Waals surface area contributed by atoms with E-state index in [9.17, 15) is 10.2 Å². The number of benzene rings is 1. The lowest BCUT2D eigenvalue weighted by atomic mass is 10.00. The van der Waals surface area contributed by atoms with Gasteiger partial charge in [-0.2, -0.15) is 0 Å². The molecule has 3 nitrogen and oxygen atoms in total. The predicted octanol–water partition coefficient (Wildman–Crippen LogP) is 1.39. The minimum Gasteiger partial charge on any atom is -0.508 e. The number of aliphatic hydroxyl groups is 1. The summed E-state index contributed by atoms with van der Waals surface area (Å²) in [4.78, 5) is 0. The Hall–Kier alpha value is -1.06. The average Bonchev–Trinajstić information content (AvgIpc) is 2.11. The fourth-order valence-electron chi connectivity index (χ4n) is 1.40. The third-order valence-electron chi connectivity index (χ3n) is 2.44. The molecule has 1 atom stereocenters. The Labute approximate surface area is 84.2 Å². The molecule has 0 saturated heterocycles. The summed E-state index contributed by atoms with van der Waals surface area (Å²) < 4.78 is 0. The number of aryl methyl sites for hydroxylation is 2. The molecule has 1 rings (SSSR count). The molecule has 0 heterocycles. The van der Waals surface area contributed by atoms with Crippen molar-refractivity contribution < 1.29 is 10.2 Å². The van der Waals surface area contributed by atoms with Crippen LogP contribution in [0.5, 0.6) is 5.75 Å². The summed E-state index contributed by atoms with van der Waals surface area (Å²) in [5, 5.41) is 19.3. The molecule has 0 fully saturated rings. The van der Waals surface area contributed by atoms with Crippen molar-refractivity contribution in [2.75, 3.05) is 6.54 Å². The molecule has 0 aliphatic heterocycles. The fraction of sp³-hybridized carbons (Fsp3) is 0.455. The highest BCUT2D eigenvalue weighted by atomic mass is 16.3. The number of hydrogen-bond donors (Lipinski definition) is 3. The molecule has 0 aromatic heterocycles. The van der Waals surface area contributed by atoms with Crippen molar-refractivity contribution >= 4 is 0 Å². The zero-order valence-electron chi connectivity index (χ0n) is 8.62. The van der Waals surface area contributed by atoms with Crippen molar-refractivity contribution in [2.45, 2.75) is 26.4 Å². The molecule has 0 radical (unpaired) electrons. The van der Waals surface area contributed by atoms with Gasteiger partial charge in [-0.05, 0) is 50.1 Å². The maximum absolute atomic E-state index is 9.68. The van der Waals surface area contributed by atoms with E-state index in [1.165, 1.54) is 0 Å². The average molecular weight is 195 g/mol. The molecule has 0 bridgehead atoms. The number of aromatic hydroxyl groups is 1. The van der Waals surface area contributed by atoms with Crippen LogP contribution in [0.3, 0.4) is 0 Å². The van der Waals surface area contributed by atoms with Crippen LogP contribution in [0.2, 0.25) is 0 Å². The summed E-state index contributed by atoms with van der Waals surface area (Å²) in [6, 6.07) is 3.48.